The summed E-state index contributed by atoms with van der Waals surface area (Å²) in [4.78, 5) is 8.89. The molecule has 194 valence electrons. The summed E-state index contributed by atoms with van der Waals surface area (Å²) in [6, 6.07) is 11.9. The van der Waals surface area contributed by atoms with Crippen LogP contribution >= 0.6 is 11.6 Å². The van der Waals surface area contributed by atoms with Crippen molar-refractivity contribution in [3.8, 4) is 17.4 Å². The normalized spacial score (nSPS) is 12.9. The molecule has 1 N–H and O–H groups in total. The van der Waals surface area contributed by atoms with Gasteiger partial charge in [0.2, 0.25) is 11.8 Å². The molecule has 0 saturated heterocycles. The van der Waals surface area contributed by atoms with Crippen molar-refractivity contribution in [2.75, 3.05) is 11.4 Å². The molecule has 0 aliphatic rings. The number of ether oxygens (including phenoxy) is 2. The summed E-state index contributed by atoms with van der Waals surface area (Å²) >= 11 is 5.81. The van der Waals surface area contributed by atoms with E-state index in [4.69, 9.17) is 16.3 Å². The topological polar surface area (TPSA) is 67.7 Å². The maximum absolute atomic E-state index is 13.3. The molecule has 36 heavy (non-hydrogen) atoms. The summed E-state index contributed by atoms with van der Waals surface area (Å²) < 4.78 is 100. The molecule has 0 saturated carbocycles. The fourth-order valence-electron chi connectivity index (χ4n) is 2.82. The van der Waals surface area contributed by atoms with Gasteiger partial charge in [0.25, 0.3) is 0 Å². The number of aromatic nitrogens is 2. The predicted molar refractivity (Wildman–Crippen MR) is 115 cm³/mol. The molecular weight excluding hydrogens is 523 g/mol. The maximum atomic E-state index is 13.3. The van der Waals surface area contributed by atoms with Gasteiger partial charge < -0.3 is 19.5 Å². The molecule has 0 radical (unpaired) electrons. The highest BCUT2D eigenvalue weighted by Gasteiger charge is 2.44. The molecule has 3 aromatic rings. The molecule has 3 rings (SSSR count). The second-order valence-corrected chi connectivity index (χ2v) is 7.74. The Balaban J connectivity index is 1.87. The zero-order valence-electron chi connectivity index (χ0n) is 18.0. The number of halogens is 8. The summed E-state index contributed by atoms with van der Waals surface area (Å²) in [5, 5.41) is 10.1. The molecule has 0 spiro atoms. The lowest BCUT2D eigenvalue weighted by atomic mass is 10.2. The average Bonchev–Trinajstić information content (AvgIpc) is 2.79. The van der Waals surface area contributed by atoms with Crippen molar-refractivity contribution in [2.45, 2.75) is 31.4 Å². The van der Waals surface area contributed by atoms with Gasteiger partial charge in [-0.3, -0.25) is 0 Å². The quantitative estimate of drug-likeness (QED) is 0.315. The Morgan fingerprint density at radius 2 is 1.67 bits per heavy atom. The Hall–Kier alpha value is -3.32. The Morgan fingerprint density at radius 1 is 0.972 bits per heavy atom. The van der Waals surface area contributed by atoms with E-state index in [9.17, 15) is 35.8 Å². The van der Waals surface area contributed by atoms with Crippen LogP contribution in [0.4, 0.5) is 36.7 Å². The van der Waals surface area contributed by atoms with E-state index in [0.29, 0.717) is 10.8 Å². The Morgan fingerprint density at radius 3 is 2.31 bits per heavy atom. The molecule has 2 aromatic carbocycles. The van der Waals surface area contributed by atoms with Gasteiger partial charge in [-0.15, -0.1) is 0 Å². The van der Waals surface area contributed by atoms with Crippen molar-refractivity contribution in [3.63, 3.8) is 0 Å². The molecule has 6 nitrogen and oxygen atoms in total. The van der Waals surface area contributed by atoms with Gasteiger partial charge in [0.15, 0.2) is 6.10 Å². The van der Waals surface area contributed by atoms with Crippen LogP contribution in [0.1, 0.15) is 5.56 Å². The number of aliphatic hydroxyl groups excluding tert-OH is 1. The van der Waals surface area contributed by atoms with Crippen molar-refractivity contribution in [3.05, 3.63) is 71.4 Å². The van der Waals surface area contributed by atoms with Crippen molar-refractivity contribution >= 4 is 17.5 Å². The van der Waals surface area contributed by atoms with E-state index in [2.05, 4.69) is 14.7 Å². The number of hydrogen-bond acceptors (Lipinski definition) is 6. The zero-order chi connectivity index (χ0) is 26.5. The minimum Gasteiger partial charge on any atom is -0.439 e. The SMILES string of the molecule is O[C@H](CN(Cc1cccc(OC(F)(F)C(F)F)c1)c1nccc(Oc2ccc(Cl)cc2)n1)C(F)(F)F. The highest BCUT2D eigenvalue weighted by Crippen LogP contribution is 2.29. The molecule has 0 bridgehead atoms. The number of benzene rings is 2. The first kappa shape index (κ1) is 27.3. The largest absolute Gasteiger partial charge is 0.461 e. The highest BCUT2D eigenvalue weighted by atomic mass is 35.5. The molecule has 1 aromatic heterocycles. The van der Waals surface area contributed by atoms with Gasteiger partial charge >= 0.3 is 18.7 Å². The second-order valence-electron chi connectivity index (χ2n) is 7.30. The number of anilines is 1. The maximum Gasteiger partial charge on any atom is 0.461 e. The average molecular weight is 540 g/mol. The first-order chi connectivity index (χ1) is 16.8. The van der Waals surface area contributed by atoms with E-state index in [1.165, 1.54) is 48.7 Å². The van der Waals surface area contributed by atoms with Crippen LogP contribution in [-0.2, 0) is 6.54 Å². The van der Waals surface area contributed by atoms with Crippen molar-refractivity contribution in [2.24, 2.45) is 0 Å². The molecule has 0 amide bonds. The number of rotatable bonds is 10. The van der Waals surface area contributed by atoms with Crippen molar-refractivity contribution in [1.29, 1.82) is 0 Å². The van der Waals surface area contributed by atoms with E-state index in [-0.39, 0.29) is 17.4 Å². The van der Waals surface area contributed by atoms with Crippen molar-refractivity contribution in [1.82, 2.24) is 9.97 Å². The molecular formula is C22H17ClF7N3O3. The third-order valence-electron chi connectivity index (χ3n) is 4.49. The zero-order valence-corrected chi connectivity index (χ0v) is 18.7. The number of hydrogen-bond donors (Lipinski definition) is 1. The third kappa shape index (κ3) is 7.59. The van der Waals surface area contributed by atoms with Gasteiger partial charge in [0.05, 0.1) is 6.54 Å². The minimum absolute atomic E-state index is 0.0533. The van der Waals surface area contributed by atoms with Gasteiger partial charge in [-0.1, -0.05) is 23.7 Å². The smallest absolute Gasteiger partial charge is 0.439 e. The Labute approximate surface area is 204 Å². The van der Waals surface area contributed by atoms with E-state index < -0.39 is 43.7 Å². The molecule has 0 aliphatic heterocycles. The summed E-state index contributed by atoms with van der Waals surface area (Å²) in [6.45, 7) is -1.47. The number of alkyl halides is 7. The third-order valence-corrected chi connectivity index (χ3v) is 4.74. The van der Waals surface area contributed by atoms with Crippen molar-refractivity contribution < 1.29 is 45.3 Å². The first-order valence-corrected chi connectivity index (χ1v) is 10.4. The highest BCUT2D eigenvalue weighted by molar-refractivity contribution is 6.30. The summed E-state index contributed by atoms with van der Waals surface area (Å²) in [6.07, 6.45) is -15.5. The van der Waals surface area contributed by atoms with E-state index in [1.54, 1.807) is 0 Å². The van der Waals surface area contributed by atoms with E-state index >= 15 is 0 Å². The van der Waals surface area contributed by atoms with Crippen LogP contribution in [0, 0.1) is 0 Å². The fourth-order valence-corrected chi connectivity index (χ4v) is 2.95. The predicted octanol–water partition coefficient (Wildman–Crippen LogP) is 6.09. The lowest BCUT2D eigenvalue weighted by Crippen LogP contribution is -2.41. The van der Waals surface area contributed by atoms with Gasteiger partial charge in [0, 0.05) is 23.8 Å². The van der Waals surface area contributed by atoms with Gasteiger partial charge in [-0.2, -0.15) is 35.7 Å². The summed E-state index contributed by atoms with van der Waals surface area (Å²) in [5.41, 5.74) is 0.0829. The van der Waals surface area contributed by atoms with Gasteiger partial charge in [-0.25, -0.2) is 4.98 Å². The minimum atomic E-state index is -4.99. The second kappa shape index (κ2) is 11.2. The standard InChI is InChI=1S/C22H17ClF7N3O3/c23-14-4-6-15(7-5-14)35-18-8-9-31-20(32-18)33(12-17(34)21(26,27)28)11-13-2-1-3-16(10-13)36-22(29,30)19(24)25/h1-10,17,19,34H,11-12H2/t17-/m1/s1. The summed E-state index contributed by atoms with van der Waals surface area (Å²) in [5.74, 6) is -0.679. The van der Waals surface area contributed by atoms with Gasteiger partial charge in [0.1, 0.15) is 11.5 Å². The Bertz CT molecular complexity index is 1150. The van der Waals surface area contributed by atoms with Crippen LogP contribution in [0.3, 0.4) is 0 Å². The molecule has 0 aliphatic carbocycles. The first-order valence-electron chi connectivity index (χ1n) is 10.0. The van der Waals surface area contributed by atoms with E-state index in [0.717, 1.165) is 17.0 Å². The van der Waals surface area contributed by atoms with Crippen LogP contribution < -0.4 is 14.4 Å². The molecule has 0 unspecified atom stereocenters. The molecule has 14 heteroatoms. The molecule has 0 fully saturated rings. The lowest BCUT2D eigenvalue weighted by Gasteiger charge is -2.27. The van der Waals surface area contributed by atoms with Crippen LogP contribution in [-0.4, -0.2) is 46.4 Å². The van der Waals surface area contributed by atoms with Gasteiger partial charge in [-0.05, 0) is 42.0 Å². The monoisotopic (exact) mass is 539 g/mol. The van der Waals surface area contributed by atoms with Crippen LogP contribution in [0.25, 0.3) is 0 Å². The molecule has 1 atom stereocenters. The fraction of sp³-hybridized carbons (Fsp3) is 0.273. The number of nitrogens with zero attached hydrogens (tertiary/aromatic N) is 3. The Kier molecular flexibility index (Phi) is 8.46. The lowest BCUT2D eigenvalue weighted by molar-refractivity contribution is -0.253. The number of aliphatic hydroxyl groups is 1. The summed E-state index contributed by atoms with van der Waals surface area (Å²) in [7, 11) is 0. The molecule has 1 heterocycles. The van der Waals surface area contributed by atoms with Crippen LogP contribution in [0.5, 0.6) is 17.4 Å². The van der Waals surface area contributed by atoms with Crippen LogP contribution in [0.15, 0.2) is 60.8 Å². The van der Waals surface area contributed by atoms with Crippen LogP contribution in [0.2, 0.25) is 5.02 Å². The van der Waals surface area contributed by atoms with E-state index in [1.807, 2.05) is 0 Å².